The summed E-state index contributed by atoms with van der Waals surface area (Å²) in [5.41, 5.74) is 1.68. The van der Waals surface area contributed by atoms with Gasteiger partial charge in [0, 0.05) is 29.1 Å². The maximum Gasteiger partial charge on any atom is 0.236 e. The molecule has 19 heavy (non-hydrogen) atoms. The molecular weight excluding hydrogens is 242 g/mol. The number of aromatic nitrogens is 3. The number of fused-ring (bicyclic) bond motifs is 1. The minimum absolute atomic E-state index is 0.513. The summed E-state index contributed by atoms with van der Waals surface area (Å²) in [7, 11) is 0. The van der Waals surface area contributed by atoms with E-state index in [0.29, 0.717) is 23.9 Å². The molecule has 0 atom stereocenters. The fraction of sp³-hybridized carbons (Fsp3) is 0.214. The van der Waals surface area contributed by atoms with Crippen molar-refractivity contribution in [2.24, 2.45) is 0 Å². The van der Waals surface area contributed by atoms with Crippen molar-refractivity contribution in [3.05, 3.63) is 47.8 Å². The van der Waals surface area contributed by atoms with E-state index >= 15 is 0 Å². The highest BCUT2D eigenvalue weighted by Gasteiger charge is 2.09. The Kier molecular flexibility index (Phi) is 2.87. The van der Waals surface area contributed by atoms with E-state index < -0.39 is 0 Å². The van der Waals surface area contributed by atoms with E-state index in [0.717, 1.165) is 23.6 Å². The van der Waals surface area contributed by atoms with Crippen molar-refractivity contribution >= 4 is 17.2 Å². The molecule has 0 radical (unpaired) electrons. The summed E-state index contributed by atoms with van der Waals surface area (Å²) in [6, 6.07) is 7.57. The third kappa shape index (κ3) is 2.03. The van der Waals surface area contributed by atoms with Crippen LogP contribution < -0.4 is 0 Å². The molecule has 0 fully saturated rings. The first-order valence-electron chi connectivity index (χ1n) is 6.16. The minimum Gasteiger partial charge on any atom is -0.423 e. The first-order chi connectivity index (χ1) is 9.31. The van der Waals surface area contributed by atoms with Crippen molar-refractivity contribution in [3.8, 4) is 0 Å². The Labute approximate surface area is 109 Å². The summed E-state index contributed by atoms with van der Waals surface area (Å²) < 4.78 is 7.49. The first-order valence-corrected chi connectivity index (χ1v) is 6.16. The Morgan fingerprint density at radius 2 is 2.11 bits per heavy atom. The lowest BCUT2D eigenvalue weighted by Gasteiger charge is -2.02. The predicted octanol–water partition coefficient (Wildman–Crippen LogP) is 2.45. The molecule has 0 unspecified atom stereocenters. The molecular formula is C14H13N3O2. The second-order valence-electron chi connectivity index (χ2n) is 4.28. The Bertz CT molecular complexity index is 727. The number of hydrogen-bond donors (Lipinski definition) is 0. The molecule has 0 spiro atoms. The lowest BCUT2D eigenvalue weighted by molar-refractivity contribution is 0.112. The molecule has 0 aliphatic rings. The van der Waals surface area contributed by atoms with Crippen LogP contribution in [-0.2, 0) is 13.0 Å². The summed E-state index contributed by atoms with van der Waals surface area (Å²) in [5.74, 6) is 1.21. The van der Waals surface area contributed by atoms with Gasteiger partial charge in [-0.3, -0.25) is 4.79 Å². The molecule has 2 heterocycles. The molecule has 3 aromatic rings. The lowest BCUT2D eigenvalue weighted by atomic mass is 10.1. The topological polar surface area (TPSA) is 60.9 Å². The van der Waals surface area contributed by atoms with Gasteiger partial charge >= 0.3 is 0 Å². The predicted molar refractivity (Wildman–Crippen MR) is 70.1 cm³/mol. The smallest absolute Gasteiger partial charge is 0.236 e. The fourth-order valence-corrected chi connectivity index (χ4v) is 2.13. The molecule has 0 aliphatic heterocycles. The number of aryl methyl sites for hydroxylation is 1. The van der Waals surface area contributed by atoms with Crippen LogP contribution in [0.15, 0.2) is 34.9 Å². The van der Waals surface area contributed by atoms with E-state index in [1.165, 1.54) is 0 Å². The van der Waals surface area contributed by atoms with E-state index in [2.05, 4.69) is 10.2 Å². The number of rotatable bonds is 4. The van der Waals surface area contributed by atoms with Gasteiger partial charge in [-0.1, -0.05) is 19.1 Å². The van der Waals surface area contributed by atoms with Gasteiger partial charge in [-0.25, -0.2) is 0 Å². The Hall–Kier alpha value is -2.43. The Balaban J connectivity index is 1.99. The highest BCUT2D eigenvalue weighted by molar-refractivity contribution is 5.97. The lowest BCUT2D eigenvalue weighted by Crippen LogP contribution is -1.98. The van der Waals surface area contributed by atoms with Gasteiger partial charge in [0.1, 0.15) is 6.54 Å². The van der Waals surface area contributed by atoms with Crippen LogP contribution in [-0.4, -0.2) is 21.1 Å². The van der Waals surface area contributed by atoms with Gasteiger partial charge in [-0.2, -0.15) is 0 Å². The summed E-state index contributed by atoms with van der Waals surface area (Å²) in [5, 5.41) is 8.88. The van der Waals surface area contributed by atoms with Crippen LogP contribution in [0, 0.1) is 0 Å². The second kappa shape index (κ2) is 4.68. The van der Waals surface area contributed by atoms with Crippen molar-refractivity contribution < 1.29 is 9.21 Å². The van der Waals surface area contributed by atoms with Crippen molar-refractivity contribution in [3.63, 3.8) is 0 Å². The van der Waals surface area contributed by atoms with Gasteiger partial charge in [0.2, 0.25) is 11.8 Å². The van der Waals surface area contributed by atoms with Crippen molar-refractivity contribution in [2.45, 2.75) is 19.9 Å². The molecule has 2 aromatic heterocycles. The maximum atomic E-state index is 11.0. The normalized spacial score (nSPS) is 11.0. The van der Waals surface area contributed by atoms with Gasteiger partial charge < -0.3 is 8.98 Å². The molecule has 0 amide bonds. The number of carbonyl (C=O) groups is 1. The summed E-state index contributed by atoms with van der Waals surface area (Å²) in [6.07, 6.45) is 3.52. The zero-order chi connectivity index (χ0) is 13.2. The van der Waals surface area contributed by atoms with Crippen LogP contribution >= 0.6 is 0 Å². The number of aldehydes is 1. The van der Waals surface area contributed by atoms with Gasteiger partial charge in [0.25, 0.3) is 0 Å². The SMILES string of the molecule is CCc1nnc(Cn2ccc3c(C=O)cccc32)o1. The molecule has 0 bridgehead atoms. The van der Waals surface area contributed by atoms with Gasteiger partial charge in [0.05, 0.1) is 0 Å². The van der Waals surface area contributed by atoms with Gasteiger partial charge in [0.15, 0.2) is 6.29 Å². The van der Waals surface area contributed by atoms with Crippen molar-refractivity contribution in [1.82, 2.24) is 14.8 Å². The summed E-state index contributed by atoms with van der Waals surface area (Å²) >= 11 is 0. The van der Waals surface area contributed by atoms with E-state index in [1.807, 2.05) is 42.0 Å². The third-order valence-corrected chi connectivity index (χ3v) is 3.09. The van der Waals surface area contributed by atoms with Crippen molar-refractivity contribution in [1.29, 1.82) is 0 Å². The zero-order valence-corrected chi connectivity index (χ0v) is 10.5. The summed E-state index contributed by atoms with van der Waals surface area (Å²) in [6.45, 7) is 2.48. The summed E-state index contributed by atoms with van der Waals surface area (Å²) in [4.78, 5) is 11.0. The Morgan fingerprint density at radius 1 is 1.26 bits per heavy atom. The first kappa shape index (κ1) is 11.6. The fourth-order valence-electron chi connectivity index (χ4n) is 2.13. The monoisotopic (exact) mass is 255 g/mol. The number of nitrogens with zero attached hydrogens (tertiary/aromatic N) is 3. The van der Waals surface area contributed by atoms with E-state index in [4.69, 9.17) is 4.42 Å². The average Bonchev–Trinajstić information content (AvgIpc) is 3.06. The molecule has 0 N–H and O–H groups in total. The molecule has 0 aliphatic carbocycles. The second-order valence-corrected chi connectivity index (χ2v) is 4.28. The minimum atomic E-state index is 0.513. The Morgan fingerprint density at radius 3 is 2.84 bits per heavy atom. The van der Waals surface area contributed by atoms with E-state index in [-0.39, 0.29) is 0 Å². The van der Waals surface area contributed by atoms with Crippen LogP contribution in [0.1, 0.15) is 29.1 Å². The van der Waals surface area contributed by atoms with Gasteiger partial charge in [-0.15, -0.1) is 10.2 Å². The van der Waals surface area contributed by atoms with Crippen LogP contribution in [0.25, 0.3) is 10.9 Å². The van der Waals surface area contributed by atoms with E-state index in [9.17, 15) is 4.79 Å². The average molecular weight is 255 g/mol. The molecule has 3 rings (SSSR count). The number of hydrogen-bond acceptors (Lipinski definition) is 4. The highest BCUT2D eigenvalue weighted by Crippen LogP contribution is 2.20. The largest absolute Gasteiger partial charge is 0.423 e. The van der Waals surface area contributed by atoms with E-state index in [1.54, 1.807) is 0 Å². The quantitative estimate of drug-likeness (QED) is 0.672. The highest BCUT2D eigenvalue weighted by atomic mass is 16.4. The van der Waals surface area contributed by atoms with Crippen LogP contribution in [0.4, 0.5) is 0 Å². The maximum absolute atomic E-state index is 11.0. The molecule has 0 saturated heterocycles. The van der Waals surface area contributed by atoms with Crippen LogP contribution in [0.3, 0.4) is 0 Å². The van der Waals surface area contributed by atoms with Gasteiger partial charge in [-0.05, 0) is 12.1 Å². The van der Waals surface area contributed by atoms with Crippen molar-refractivity contribution in [2.75, 3.05) is 0 Å². The molecule has 1 aromatic carbocycles. The number of carbonyl (C=O) groups excluding carboxylic acids is 1. The molecule has 5 nitrogen and oxygen atoms in total. The molecule has 96 valence electrons. The van der Waals surface area contributed by atoms with Crippen LogP contribution in [0.5, 0.6) is 0 Å². The molecule has 5 heteroatoms. The number of benzene rings is 1. The zero-order valence-electron chi connectivity index (χ0n) is 10.5. The third-order valence-electron chi connectivity index (χ3n) is 3.09. The molecule has 0 saturated carbocycles. The standard InChI is InChI=1S/C14H13N3O2/c1-2-13-15-16-14(19-13)8-17-7-6-11-10(9-18)4-3-5-12(11)17/h3-7,9H,2,8H2,1H3. The van der Waals surface area contributed by atoms with Crippen LogP contribution in [0.2, 0.25) is 0 Å².